The first-order valence-electron chi connectivity index (χ1n) is 9.30. The van der Waals surface area contributed by atoms with Crippen LogP contribution in [0.1, 0.15) is 5.56 Å². The number of aliphatic imine (C=N–C) groups is 1. The van der Waals surface area contributed by atoms with Gasteiger partial charge in [-0.15, -0.1) is 0 Å². The quantitative estimate of drug-likeness (QED) is 0.456. The number of carbonyl (C=O) groups excluding carboxylic acids is 1. The zero-order valence-electron chi connectivity index (χ0n) is 16.5. The molecule has 4 rings (SSSR count). The lowest BCUT2D eigenvalue weighted by Crippen LogP contribution is -2.23. The lowest BCUT2D eigenvalue weighted by molar-refractivity contribution is -0.121. The first-order valence-corrected chi connectivity index (χ1v) is 10.5. The van der Waals surface area contributed by atoms with E-state index in [0.717, 1.165) is 28.1 Å². The van der Waals surface area contributed by atoms with Crippen LogP contribution >= 0.6 is 23.4 Å². The molecule has 150 valence electrons. The SMILES string of the molecule is COc1ccc(N=C2SC(=Cc3cccc(-c4ccc(Cl)cc4)c3)C(=O)N2C)cc1. The maximum absolute atomic E-state index is 12.7. The van der Waals surface area contributed by atoms with Crippen molar-refractivity contribution in [3.63, 3.8) is 0 Å². The molecule has 0 bridgehead atoms. The molecule has 0 spiro atoms. The molecule has 0 saturated carbocycles. The minimum Gasteiger partial charge on any atom is -0.497 e. The van der Waals surface area contributed by atoms with Gasteiger partial charge in [-0.1, -0.05) is 41.9 Å². The summed E-state index contributed by atoms with van der Waals surface area (Å²) in [4.78, 5) is 19.5. The van der Waals surface area contributed by atoms with Gasteiger partial charge in [0.25, 0.3) is 5.91 Å². The second-order valence-electron chi connectivity index (χ2n) is 6.70. The lowest BCUT2D eigenvalue weighted by Gasteiger charge is -2.07. The Labute approximate surface area is 184 Å². The normalized spacial score (nSPS) is 16.5. The highest BCUT2D eigenvalue weighted by Gasteiger charge is 2.30. The molecule has 0 radical (unpaired) electrons. The van der Waals surface area contributed by atoms with Crippen LogP contribution in [0.5, 0.6) is 5.75 Å². The molecule has 0 unspecified atom stereocenters. The summed E-state index contributed by atoms with van der Waals surface area (Å²) in [5, 5.41) is 1.35. The summed E-state index contributed by atoms with van der Waals surface area (Å²) in [5.41, 5.74) is 3.86. The fourth-order valence-corrected chi connectivity index (χ4v) is 4.13. The van der Waals surface area contributed by atoms with E-state index in [9.17, 15) is 4.79 Å². The average molecular weight is 435 g/mol. The zero-order chi connectivity index (χ0) is 21.1. The van der Waals surface area contributed by atoms with Crippen molar-refractivity contribution in [2.75, 3.05) is 14.2 Å². The van der Waals surface area contributed by atoms with Gasteiger partial charge in [0.1, 0.15) is 5.75 Å². The predicted octanol–water partition coefficient (Wildman–Crippen LogP) is 6.25. The van der Waals surface area contributed by atoms with Gasteiger partial charge in [0.2, 0.25) is 0 Å². The van der Waals surface area contributed by atoms with Crippen LogP contribution in [0.25, 0.3) is 17.2 Å². The number of likely N-dealkylation sites (N-methyl/N-ethyl adjacent to an activating group) is 1. The molecule has 3 aromatic rings. The van der Waals surface area contributed by atoms with Crippen molar-refractivity contribution in [1.29, 1.82) is 0 Å². The minimum absolute atomic E-state index is 0.0656. The summed E-state index contributed by atoms with van der Waals surface area (Å²) >= 11 is 7.36. The highest BCUT2D eigenvalue weighted by atomic mass is 35.5. The van der Waals surface area contributed by atoms with Gasteiger partial charge in [0.15, 0.2) is 5.17 Å². The third-order valence-electron chi connectivity index (χ3n) is 4.66. The predicted molar refractivity (Wildman–Crippen MR) is 125 cm³/mol. The van der Waals surface area contributed by atoms with Crippen molar-refractivity contribution < 1.29 is 9.53 Å². The van der Waals surface area contributed by atoms with Gasteiger partial charge in [-0.25, -0.2) is 4.99 Å². The van der Waals surface area contributed by atoms with Gasteiger partial charge in [-0.05, 0) is 77.0 Å². The molecule has 6 heteroatoms. The van der Waals surface area contributed by atoms with Crippen molar-refractivity contribution >= 4 is 46.2 Å². The molecule has 1 amide bonds. The van der Waals surface area contributed by atoms with E-state index in [-0.39, 0.29) is 5.91 Å². The molecular weight excluding hydrogens is 416 g/mol. The topological polar surface area (TPSA) is 41.9 Å². The lowest BCUT2D eigenvalue weighted by atomic mass is 10.0. The van der Waals surface area contributed by atoms with Crippen LogP contribution in [0.15, 0.2) is 82.7 Å². The zero-order valence-corrected chi connectivity index (χ0v) is 18.1. The Morgan fingerprint density at radius 2 is 1.73 bits per heavy atom. The van der Waals surface area contributed by atoms with Crippen molar-refractivity contribution in [1.82, 2.24) is 4.90 Å². The van der Waals surface area contributed by atoms with Crippen LogP contribution in [0, 0.1) is 0 Å². The minimum atomic E-state index is -0.0656. The van der Waals surface area contributed by atoms with E-state index in [1.807, 2.05) is 72.8 Å². The van der Waals surface area contributed by atoms with Crippen LogP contribution in [-0.4, -0.2) is 30.1 Å². The Morgan fingerprint density at radius 3 is 2.43 bits per heavy atom. The molecular formula is C24H19ClN2O2S. The van der Waals surface area contributed by atoms with Gasteiger partial charge in [0.05, 0.1) is 17.7 Å². The van der Waals surface area contributed by atoms with Gasteiger partial charge < -0.3 is 4.74 Å². The molecule has 4 nitrogen and oxygen atoms in total. The smallest absolute Gasteiger partial charge is 0.266 e. The van der Waals surface area contributed by atoms with E-state index >= 15 is 0 Å². The second-order valence-corrected chi connectivity index (χ2v) is 8.15. The molecule has 3 aromatic carbocycles. The van der Waals surface area contributed by atoms with Crippen LogP contribution in [0.3, 0.4) is 0 Å². The Bertz CT molecular complexity index is 1140. The maximum atomic E-state index is 12.7. The van der Waals surface area contributed by atoms with Crippen molar-refractivity contribution in [2.24, 2.45) is 4.99 Å². The monoisotopic (exact) mass is 434 g/mol. The number of benzene rings is 3. The van der Waals surface area contributed by atoms with E-state index in [1.54, 1.807) is 19.1 Å². The number of amidine groups is 1. The number of halogens is 1. The molecule has 1 aliphatic heterocycles. The molecule has 1 saturated heterocycles. The van der Waals surface area contributed by atoms with Gasteiger partial charge >= 0.3 is 0 Å². The molecule has 0 atom stereocenters. The number of methoxy groups -OCH3 is 1. The highest BCUT2D eigenvalue weighted by Crippen LogP contribution is 2.34. The number of rotatable bonds is 4. The largest absolute Gasteiger partial charge is 0.497 e. The van der Waals surface area contributed by atoms with E-state index in [0.29, 0.717) is 15.1 Å². The fourth-order valence-electron chi connectivity index (χ4n) is 3.02. The van der Waals surface area contributed by atoms with Crippen molar-refractivity contribution in [3.8, 4) is 16.9 Å². The van der Waals surface area contributed by atoms with Crippen LogP contribution in [-0.2, 0) is 4.79 Å². The van der Waals surface area contributed by atoms with Gasteiger partial charge in [-0.3, -0.25) is 9.69 Å². The van der Waals surface area contributed by atoms with E-state index in [2.05, 4.69) is 11.1 Å². The third kappa shape index (κ3) is 4.42. The van der Waals surface area contributed by atoms with Crippen molar-refractivity contribution in [2.45, 2.75) is 0 Å². The summed E-state index contributed by atoms with van der Waals surface area (Å²) in [6.07, 6.45) is 1.90. The number of hydrogen-bond donors (Lipinski definition) is 0. The van der Waals surface area contributed by atoms with Crippen molar-refractivity contribution in [3.05, 3.63) is 88.3 Å². The second kappa shape index (κ2) is 8.78. The summed E-state index contributed by atoms with van der Waals surface area (Å²) in [6.45, 7) is 0. The average Bonchev–Trinajstić information content (AvgIpc) is 3.03. The molecule has 0 N–H and O–H groups in total. The van der Waals surface area contributed by atoms with Crippen LogP contribution in [0.4, 0.5) is 5.69 Å². The highest BCUT2D eigenvalue weighted by molar-refractivity contribution is 8.18. The number of thioether (sulfide) groups is 1. The Balaban J connectivity index is 1.59. The van der Waals surface area contributed by atoms with Gasteiger partial charge in [0, 0.05) is 12.1 Å². The number of amides is 1. The number of ether oxygens (including phenoxy) is 1. The standard InChI is InChI=1S/C24H19ClN2O2S/c1-27-23(28)22(30-24(27)26-20-10-12-21(29-2)13-11-20)15-16-4-3-5-18(14-16)17-6-8-19(25)9-7-17/h3-15H,1-2H3. The first-order chi connectivity index (χ1) is 14.5. The van der Waals surface area contributed by atoms with Crippen LogP contribution < -0.4 is 4.74 Å². The number of hydrogen-bond acceptors (Lipinski definition) is 4. The molecule has 0 aliphatic carbocycles. The van der Waals surface area contributed by atoms with E-state index in [1.165, 1.54) is 11.8 Å². The maximum Gasteiger partial charge on any atom is 0.266 e. The van der Waals surface area contributed by atoms with Crippen LogP contribution in [0.2, 0.25) is 5.02 Å². The Morgan fingerprint density at radius 1 is 1.00 bits per heavy atom. The molecule has 30 heavy (non-hydrogen) atoms. The summed E-state index contributed by atoms with van der Waals surface area (Å²) in [7, 11) is 3.36. The molecule has 1 aliphatic rings. The summed E-state index contributed by atoms with van der Waals surface area (Å²) in [6, 6.07) is 23.2. The Kier molecular flexibility index (Phi) is 5.93. The first kappa shape index (κ1) is 20.3. The fraction of sp³-hybridized carbons (Fsp3) is 0.0833. The number of nitrogens with zero attached hydrogens (tertiary/aromatic N) is 2. The van der Waals surface area contributed by atoms with E-state index in [4.69, 9.17) is 16.3 Å². The van der Waals surface area contributed by atoms with Gasteiger partial charge in [-0.2, -0.15) is 0 Å². The summed E-state index contributed by atoms with van der Waals surface area (Å²) < 4.78 is 5.17. The van der Waals surface area contributed by atoms with E-state index < -0.39 is 0 Å². The Hall–Kier alpha value is -3.02. The third-order valence-corrected chi connectivity index (χ3v) is 5.97. The molecule has 1 heterocycles. The summed E-state index contributed by atoms with van der Waals surface area (Å²) in [5.74, 6) is 0.702. The molecule has 1 fully saturated rings. The number of carbonyl (C=O) groups is 1. The molecule has 0 aromatic heterocycles.